The zero-order valence-corrected chi connectivity index (χ0v) is 21.1. The van der Waals surface area contributed by atoms with Gasteiger partial charge < -0.3 is 20.1 Å². The molecular formula is C27H36O9. The van der Waals surface area contributed by atoms with E-state index in [1.807, 2.05) is 0 Å². The number of Topliss-reactive ketones (excluding diaryl/α,β-unsaturated/α-hetero) is 1. The quantitative estimate of drug-likeness (QED) is 0.268. The summed E-state index contributed by atoms with van der Waals surface area (Å²) in [6.07, 6.45) is 1.67. The second-order valence-corrected chi connectivity index (χ2v) is 11.8. The first-order valence-electron chi connectivity index (χ1n) is 12.8. The van der Waals surface area contributed by atoms with Crippen molar-refractivity contribution in [2.45, 2.75) is 89.9 Å². The highest BCUT2D eigenvalue weighted by molar-refractivity contribution is 6.03. The van der Waals surface area contributed by atoms with Gasteiger partial charge in [0.2, 0.25) is 5.78 Å². The van der Waals surface area contributed by atoms with Gasteiger partial charge in [-0.2, -0.15) is 0 Å². The summed E-state index contributed by atoms with van der Waals surface area (Å²) in [5, 5.41) is 31.0. The van der Waals surface area contributed by atoms with Gasteiger partial charge in [-0.3, -0.25) is 24.0 Å². The SMILES string of the molecule is CC(CC(=O)O)C(=O)O[C@@]1(C(=O)C(O)C=O)CC[C@H]2[C@@H]3CCC4=CC(=O)CC[C@]4(C)[C@H]3[C@@H](O)C[C@@]21C. The van der Waals surface area contributed by atoms with E-state index >= 15 is 0 Å². The van der Waals surface area contributed by atoms with E-state index in [-0.39, 0.29) is 48.1 Å². The zero-order chi connectivity index (χ0) is 26.6. The van der Waals surface area contributed by atoms with E-state index in [0.29, 0.717) is 32.1 Å². The van der Waals surface area contributed by atoms with E-state index in [9.17, 15) is 34.2 Å². The first-order valence-corrected chi connectivity index (χ1v) is 12.8. The third-order valence-corrected chi connectivity index (χ3v) is 9.97. The molecule has 36 heavy (non-hydrogen) atoms. The monoisotopic (exact) mass is 504 g/mol. The number of aldehydes is 1. The molecule has 4 rings (SSSR count). The molecule has 198 valence electrons. The number of carbonyl (C=O) groups is 5. The highest BCUT2D eigenvalue weighted by Gasteiger charge is 2.71. The number of carbonyl (C=O) groups excluding carboxylic acids is 4. The summed E-state index contributed by atoms with van der Waals surface area (Å²) in [5.41, 5.74) is -2.20. The van der Waals surface area contributed by atoms with Gasteiger partial charge in [0, 0.05) is 11.8 Å². The van der Waals surface area contributed by atoms with Crippen LogP contribution >= 0.6 is 0 Å². The first kappa shape index (κ1) is 26.7. The normalized spacial score (nSPS) is 41.1. The Labute approximate surface area is 210 Å². The number of hydrogen-bond donors (Lipinski definition) is 3. The van der Waals surface area contributed by atoms with Crippen LogP contribution in [0.3, 0.4) is 0 Å². The lowest BCUT2D eigenvalue weighted by molar-refractivity contribution is -0.206. The molecule has 9 atom stereocenters. The number of rotatable bonds is 7. The number of aliphatic carboxylic acids is 1. The van der Waals surface area contributed by atoms with Crippen molar-refractivity contribution in [3.63, 3.8) is 0 Å². The second-order valence-electron chi connectivity index (χ2n) is 11.8. The summed E-state index contributed by atoms with van der Waals surface area (Å²) in [6.45, 7) is 5.28. The number of ether oxygens (including phenoxy) is 1. The van der Waals surface area contributed by atoms with E-state index in [0.717, 1.165) is 5.57 Å². The fraction of sp³-hybridized carbons (Fsp3) is 0.741. The molecule has 0 heterocycles. The number of aliphatic hydroxyl groups is 2. The molecule has 0 aliphatic heterocycles. The van der Waals surface area contributed by atoms with Gasteiger partial charge in [-0.05, 0) is 67.8 Å². The Morgan fingerprint density at radius 2 is 1.89 bits per heavy atom. The van der Waals surface area contributed by atoms with Crippen molar-refractivity contribution in [3.8, 4) is 0 Å². The maximum atomic E-state index is 13.5. The van der Waals surface area contributed by atoms with Crippen LogP contribution in [0.5, 0.6) is 0 Å². The highest BCUT2D eigenvalue weighted by atomic mass is 16.6. The van der Waals surface area contributed by atoms with Crippen LogP contribution in [0.25, 0.3) is 0 Å². The van der Waals surface area contributed by atoms with Gasteiger partial charge >= 0.3 is 11.9 Å². The van der Waals surface area contributed by atoms with E-state index in [1.54, 1.807) is 13.0 Å². The zero-order valence-electron chi connectivity index (χ0n) is 21.1. The van der Waals surface area contributed by atoms with Crippen molar-refractivity contribution in [1.29, 1.82) is 0 Å². The molecule has 0 aromatic carbocycles. The van der Waals surface area contributed by atoms with E-state index in [4.69, 9.17) is 9.84 Å². The molecule has 0 amide bonds. The highest BCUT2D eigenvalue weighted by Crippen LogP contribution is 2.68. The maximum Gasteiger partial charge on any atom is 0.310 e. The second kappa shape index (κ2) is 9.17. The number of hydrogen-bond acceptors (Lipinski definition) is 8. The summed E-state index contributed by atoms with van der Waals surface area (Å²) in [5.74, 6) is -4.20. The third-order valence-electron chi connectivity index (χ3n) is 9.97. The van der Waals surface area contributed by atoms with E-state index in [1.165, 1.54) is 6.92 Å². The fourth-order valence-electron chi connectivity index (χ4n) is 8.22. The van der Waals surface area contributed by atoms with Crippen molar-refractivity contribution in [2.24, 2.45) is 34.5 Å². The first-order chi connectivity index (χ1) is 16.8. The van der Waals surface area contributed by atoms with Crippen LogP contribution in [0.1, 0.15) is 72.1 Å². The number of carboxylic acids is 1. The molecule has 3 fully saturated rings. The Kier molecular flexibility index (Phi) is 6.79. The molecular weight excluding hydrogens is 468 g/mol. The summed E-state index contributed by atoms with van der Waals surface area (Å²) >= 11 is 0. The Morgan fingerprint density at radius 3 is 2.53 bits per heavy atom. The standard InChI is InChI=1S/C27H36O9/c1-14(10-21(32)33)24(35)36-27(23(34)20(31)13-28)9-7-18-17-5-4-15-11-16(29)6-8-25(15,2)22(17)19(30)12-26(18,27)3/h11,13-14,17-20,22,30-31H,4-10,12H2,1-3H3,(H,32,33)/t14?,17-,18-,19-,20?,22+,25-,26-,27+/m0/s1. The van der Waals surface area contributed by atoms with E-state index < -0.39 is 53.3 Å². The number of esters is 1. The molecule has 3 N–H and O–H groups in total. The Bertz CT molecular complexity index is 1020. The lowest BCUT2D eigenvalue weighted by Crippen LogP contribution is -2.64. The summed E-state index contributed by atoms with van der Waals surface area (Å²) in [7, 11) is 0. The van der Waals surface area contributed by atoms with Crippen molar-refractivity contribution in [1.82, 2.24) is 0 Å². The number of carboxylic acid groups (broad SMARTS) is 1. The summed E-state index contributed by atoms with van der Waals surface area (Å²) in [6, 6.07) is 0. The minimum atomic E-state index is -2.00. The molecule has 4 aliphatic rings. The van der Waals surface area contributed by atoms with Crippen molar-refractivity contribution in [2.75, 3.05) is 0 Å². The lowest BCUT2D eigenvalue weighted by Gasteiger charge is -2.60. The minimum Gasteiger partial charge on any atom is -0.481 e. The van der Waals surface area contributed by atoms with Crippen LogP contribution < -0.4 is 0 Å². The van der Waals surface area contributed by atoms with Gasteiger partial charge in [0.05, 0.1) is 18.4 Å². The topological polar surface area (TPSA) is 155 Å². The Hall–Kier alpha value is -2.39. The largest absolute Gasteiger partial charge is 0.481 e. The molecule has 0 saturated heterocycles. The maximum absolute atomic E-state index is 13.5. The average molecular weight is 505 g/mol. The molecule has 0 aromatic rings. The van der Waals surface area contributed by atoms with Gasteiger partial charge in [-0.25, -0.2) is 0 Å². The number of fused-ring (bicyclic) bond motifs is 5. The van der Waals surface area contributed by atoms with Gasteiger partial charge in [-0.1, -0.05) is 26.3 Å². The third kappa shape index (κ3) is 3.86. The molecule has 9 heteroatoms. The van der Waals surface area contributed by atoms with Crippen molar-refractivity contribution >= 4 is 29.8 Å². The molecule has 0 radical (unpaired) electrons. The summed E-state index contributed by atoms with van der Waals surface area (Å²) < 4.78 is 5.85. The molecule has 4 aliphatic carbocycles. The number of allylic oxidation sites excluding steroid dienone is 1. The average Bonchev–Trinajstić information content (AvgIpc) is 3.09. The lowest BCUT2D eigenvalue weighted by atomic mass is 9.45. The minimum absolute atomic E-state index is 0.00713. The van der Waals surface area contributed by atoms with E-state index in [2.05, 4.69) is 6.92 Å². The molecule has 9 nitrogen and oxygen atoms in total. The van der Waals surface area contributed by atoms with Crippen LogP contribution in [0.4, 0.5) is 0 Å². The molecule has 2 unspecified atom stereocenters. The van der Waals surface area contributed by atoms with Crippen LogP contribution in [0.2, 0.25) is 0 Å². The number of ketones is 2. The van der Waals surface area contributed by atoms with Gasteiger partial charge in [-0.15, -0.1) is 0 Å². The van der Waals surface area contributed by atoms with Crippen LogP contribution in [-0.4, -0.2) is 62.9 Å². The molecule has 0 bridgehead atoms. The van der Waals surface area contributed by atoms with Gasteiger partial charge in [0.15, 0.2) is 23.8 Å². The molecule has 3 saturated carbocycles. The van der Waals surface area contributed by atoms with Crippen molar-refractivity contribution < 1.29 is 44.0 Å². The summed E-state index contributed by atoms with van der Waals surface area (Å²) in [4.78, 5) is 61.2. The van der Waals surface area contributed by atoms with Crippen LogP contribution in [-0.2, 0) is 28.7 Å². The van der Waals surface area contributed by atoms with Crippen molar-refractivity contribution in [3.05, 3.63) is 11.6 Å². The molecule has 0 spiro atoms. The number of aliphatic hydroxyl groups excluding tert-OH is 2. The van der Waals surface area contributed by atoms with Gasteiger partial charge in [0.25, 0.3) is 0 Å². The Morgan fingerprint density at radius 1 is 1.19 bits per heavy atom. The predicted octanol–water partition coefficient (Wildman–Crippen LogP) is 2.01. The Balaban J connectivity index is 1.74. The van der Waals surface area contributed by atoms with Crippen LogP contribution in [0.15, 0.2) is 11.6 Å². The smallest absolute Gasteiger partial charge is 0.310 e. The van der Waals surface area contributed by atoms with Crippen LogP contribution in [0, 0.1) is 34.5 Å². The van der Waals surface area contributed by atoms with Gasteiger partial charge in [0.1, 0.15) is 0 Å². The predicted molar refractivity (Wildman–Crippen MR) is 125 cm³/mol. The fourth-order valence-corrected chi connectivity index (χ4v) is 8.22. The molecule has 0 aromatic heterocycles.